The Balaban J connectivity index is 1.95. The first-order chi connectivity index (χ1) is 4.92. The van der Waals surface area contributed by atoms with Crippen molar-refractivity contribution in [3.8, 4) is 0 Å². The third-order valence-corrected chi connectivity index (χ3v) is 4.37. The third-order valence-electron chi connectivity index (χ3n) is 2.69. The molecule has 2 unspecified atom stereocenters. The molecular formula is C9H10S. The molecule has 2 atom stereocenters. The van der Waals surface area contributed by atoms with E-state index in [1.165, 1.54) is 12.8 Å². The van der Waals surface area contributed by atoms with E-state index in [2.05, 4.69) is 36.1 Å². The van der Waals surface area contributed by atoms with E-state index in [4.69, 9.17) is 0 Å². The maximum Gasteiger partial charge on any atom is 0.0530 e. The van der Waals surface area contributed by atoms with Crippen LogP contribution in [0, 0.1) is 5.92 Å². The Hall–Kier alpha value is -0.170. The van der Waals surface area contributed by atoms with Gasteiger partial charge >= 0.3 is 0 Å². The summed E-state index contributed by atoms with van der Waals surface area (Å²) in [4.78, 5) is 0. The molecule has 1 heterocycles. The first-order valence-electron chi connectivity index (χ1n) is 3.96. The molecule has 1 heteroatoms. The highest BCUT2D eigenvalue weighted by atomic mass is 32.2. The van der Waals surface area contributed by atoms with Crippen molar-refractivity contribution < 1.29 is 0 Å². The largest absolute Gasteiger partial charge is 0.140 e. The molecule has 3 aliphatic rings. The summed E-state index contributed by atoms with van der Waals surface area (Å²) >= 11 is 2.14. The number of allylic oxidation sites excluding steroid dienone is 2. The molecular weight excluding hydrogens is 140 g/mol. The average Bonchev–Trinajstić information content (AvgIpc) is 2.84. The van der Waals surface area contributed by atoms with E-state index in [0.717, 1.165) is 11.2 Å². The molecule has 3 rings (SSSR count). The lowest BCUT2D eigenvalue weighted by Gasteiger charge is -2.08. The maximum atomic E-state index is 2.42. The fourth-order valence-corrected chi connectivity index (χ4v) is 3.36. The van der Waals surface area contributed by atoms with E-state index in [9.17, 15) is 0 Å². The van der Waals surface area contributed by atoms with Gasteiger partial charge in [0.15, 0.2) is 0 Å². The fraction of sp³-hybridized carbons (Fsp3) is 0.556. The molecule has 2 aliphatic carbocycles. The van der Waals surface area contributed by atoms with Gasteiger partial charge in [-0.2, -0.15) is 0 Å². The van der Waals surface area contributed by atoms with Crippen LogP contribution in [-0.4, -0.2) is 10.00 Å². The van der Waals surface area contributed by atoms with Gasteiger partial charge in [-0.25, -0.2) is 0 Å². The van der Waals surface area contributed by atoms with Gasteiger partial charge in [-0.15, -0.1) is 11.8 Å². The molecule has 0 aromatic carbocycles. The van der Waals surface area contributed by atoms with Crippen LogP contribution in [0.15, 0.2) is 24.3 Å². The molecule has 0 spiro atoms. The zero-order valence-electron chi connectivity index (χ0n) is 5.79. The molecule has 1 aliphatic heterocycles. The summed E-state index contributed by atoms with van der Waals surface area (Å²) in [6, 6.07) is 0. The number of thioether (sulfide) groups is 1. The minimum Gasteiger partial charge on any atom is -0.140 e. The Morgan fingerprint density at radius 1 is 1.30 bits per heavy atom. The van der Waals surface area contributed by atoms with Crippen LogP contribution in [0.1, 0.15) is 12.8 Å². The Kier molecular flexibility index (Phi) is 0.836. The minimum atomic E-state index is 0.606. The molecule has 0 aromatic heterocycles. The Bertz CT molecular complexity index is 225. The molecule has 0 radical (unpaired) electrons. The highest BCUT2D eigenvalue weighted by Gasteiger charge is 2.60. The summed E-state index contributed by atoms with van der Waals surface area (Å²) < 4.78 is 0.606. The van der Waals surface area contributed by atoms with Gasteiger partial charge in [0.05, 0.1) is 4.75 Å². The molecule has 1 saturated heterocycles. The third kappa shape index (κ3) is 0.547. The summed E-state index contributed by atoms with van der Waals surface area (Å²) in [6.07, 6.45) is 12.1. The van der Waals surface area contributed by atoms with Gasteiger partial charge in [0.2, 0.25) is 0 Å². The van der Waals surface area contributed by atoms with Crippen LogP contribution in [0.3, 0.4) is 0 Å². The summed E-state index contributed by atoms with van der Waals surface area (Å²) in [7, 11) is 0. The lowest BCUT2D eigenvalue weighted by molar-refractivity contribution is 0.709. The van der Waals surface area contributed by atoms with Crippen molar-refractivity contribution in [2.75, 3.05) is 0 Å². The van der Waals surface area contributed by atoms with Gasteiger partial charge in [-0.05, 0) is 18.8 Å². The predicted octanol–water partition coefficient (Wildman–Crippen LogP) is 2.38. The predicted molar refractivity (Wildman–Crippen MR) is 45.1 cm³/mol. The van der Waals surface area contributed by atoms with Crippen LogP contribution in [-0.2, 0) is 0 Å². The van der Waals surface area contributed by atoms with Gasteiger partial charge < -0.3 is 0 Å². The normalized spacial score (nSPS) is 49.0. The summed E-state index contributed by atoms with van der Waals surface area (Å²) in [6.45, 7) is 0. The van der Waals surface area contributed by atoms with Crippen molar-refractivity contribution in [2.45, 2.75) is 22.8 Å². The average molecular weight is 150 g/mol. The quantitative estimate of drug-likeness (QED) is 0.517. The van der Waals surface area contributed by atoms with Gasteiger partial charge in [0.1, 0.15) is 0 Å². The Morgan fingerprint density at radius 3 is 2.90 bits per heavy atom. The lowest BCUT2D eigenvalue weighted by atomic mass is 9.96. The number of hydrogen-bond acceptors (Lipinski definition) is 1. The van der Waals surface area contributed by atoms with Crippen LogP contribution in [0.25, 0.3) is 0 Å². The van der Waals surface area contributed by atoms with Crippen LogP contribution in [0.4, 0.5) is 0 Å². The van der Waals surface area contributed by atoms with Gasteiger partial charge in [0, 0.05) is 5.25 Å². The monoisotopic (exact) mass is 150 g/mol. The molecule has 0 bridgehead atoms. The van der Waals surface area contributed by atoms with E-state index in [0.29, 0.717) is 4.75 Å². The first-order valence-corrected chi connectivity index (χ1v) is 4.84. The van der Waals surface area contributed by atoms with Gasteiger partial charge in [0.25, 0.3) is 0 Å². The van der Waals surface area contributed by atoms with Crippen molar-refractivity contribution in [1.82, 2.24) is 0 Å². The minimum absolute atomic E-state index is 0.606. The van der Waals surface area contributed by atoms with E-state index < -0.39 is 0 Å². The van der Waals surface area contributed by atoms with Crippen molar-refractivity contribution >= 4 is 11.8 Å². The smallest absolute Gasteiger partial charge is 0.0530 e. The second kappa shape index (κ2) is 1.53. The van der Waals surface area contributed by atoms with Crippen molar-refractivity contribution in [3.05, 3.63) is 24.3 Å². The Labute approximate surface area is 65.4 Å². The molecule has 2 fully saturated rings. The second-order valence-electron chi connectivity index (χ2n) is 3.41. The van der Waals surface area contributed by atoms with Gasteiger partial charge in [-0.3, -0.25) is 0 Å². The maximum absolute atomic E-state index is 2.42. The summed E-state index contributed by atoms with van der Waals surface area (Å²) in [5.41, 5.74) is 0. The van der Waals surface area contributed by atoms with E-state index >= 15 is 0 Å². The number of fused-ring (bicyclic) bond motifs is 1. The molecule has 1 saturated carbocycles. The van der Waals surface area contributed by atoms with Crippen LogP contribution >= 0.6 is 11.8 Å². The van der Waals surface area contributed by atoms with Crippen molar-refractivity contribution in [3.63, 3.8) is 0 Å². The molecule has 0 aromatic rings. The molecule has 52 valence electrons. The van der Waals surface area contributed by atoms with E-state index in [1.54, 1.807) is 0 Å². The molecule has 0 amide bonds. The van der Waals surface area contributed by atoms with E-state index in [-0.39, 0.29) is 0 Å². The zero-order valence-corrected chi connectivity index (χ0v) is 6.60. The second-order valence-corrected chi connectivity index (χ2v) is 4.86. The molecule has 0 N–H and O–H groups in total. The highest BCUT2D eigenvalue weighted by molar-refractivity contribution is 8.09. The van der Waals surface area contributed by atoms with E-state index in [1.807, 2.05) is 0 Å². The Morgan fingerprint density at radius 2 is 2.20 bits per heavy atom. The SMILES string of the molecule is C1=CC2SC2(C2CC2)C=C1. The van der Waals surface area contributed by atoms with Crippen LogP contribution < -0.4 is 0 Å². The standard InChI is InChI=1S/C9H10S/c1-2-6-9(7-4-5-7)8(3-1)10-9/h1-3,6-8H,4-5H2. The summed E-state index contributed by atoms with van der Waals surface area (Å²) in [5, 5.41) is 0.852. The molecule has 0 nitrogen and oxygen atoms in total. The molecule has 10 heavy (non-hydrogen) atoms. The van der Waals surface area contributed by atoms with Crippen LogP contribution in [0.2, 0.25) is 0 Å². The zero-order chi connectivity index (χ0) is 6.60. The first kappa shape index (κ1) is 5.48. The van der Waals surface area contributed by atoms with Gasteiger partial charge in [-0.1, -0.05) is 24.3 Å². The summed E-state index contributed by atoms with van der Waals surface area (Å²) in [5.74, 6) is 1.03. The number of hydrogen-bond donors (Lipinski definition) is 0. The van der Waals surface area contributed by atoms with Crippen molar-refractivity contribution in [1.29, 1.82) is 0 Å². The lowest BCUT2D eigenvalue weighted by Crippen LogP contribution is -2.13. The van der Waals surface area contributed by atoms with Crippen LogP contribution in [0.5, 0.6) is 0 Å². The van der Waals surface area contributed by atoms with Crippen molar-refractivity contribution in [2.24, 2.45) is 5.92 Å². The fourth-order valence-electron chi connectivity index (χ4n) is 1.88. The highest BCUT2D eigenvalue weighted by Crippen LogP contribution is 2.67. The topological polar surface area (TPSA) is 0 Å². The number of rotatable bonds is 1.